The molecule has 180 valence electrons. The molecule has 0 spiro atoms. The molecule has 2 atom stereocenters. The number of hydrogen-bond donors (Lipinski definition) is 2. The summed E-state index contributed by atoms with van der Waals surface area (Å²) in [5.74, 6) is 0.797. The third-order valence-corrected chi connectivity index (χ3v) is 7.75. The van der Waals surface area contributed by atoms with Crippen molar-refractivity contribution in [2.75, 3.05) is 12.4 Å². The summed E-state index contributed by atoms with van der Waals surface area (Å²) in [6, 6.07) is 10.6. The number of aryl methyl sites for hydroxylation is 1. The molecule has 3 heterocycles. The van der Waals surface area contributed by atoms with E-state index in [9.17, 15) is 5.11 Å². The molecular weight excluding hydrogens is 460 g/mol. The van der Waals surface area contributed by atoms with Gasteiger partial charge in [-0.15, -0.1) is 0 Å². The summed E-state index contributed by atoms with van der Waals surface area (Å²) < 4.78 is 10.8. The summed E-state index contributed by atoms with van der Waals surface area (Å²) >= 11 is 1.64. The Balaban J connectivity index is 1.27. The van der Waals surface area contributed by atoms with E-state index >= 15 is 0 Å². The first-order valence-corrected chi connectivity index (χ1v) is 12.7. The van der Waals surface area contributed by atoms with Gasteiger partial charge >= 0.3 is 0 Å². The van der Waals surface area contributed by atoms with E-state index in [1.807, 2.05) is 31.8 Å². The lowest BCUT2D eigenvalue weighted by atomic mass is 9.93. The van der Waals surface area contributed by atoms with E-state index in [4.69, 9.17) is 9.72 Å². The minimum absolute atomic E-state index is 0.0904. The fourth-order valence-corrected chi connectivity index (χ4v) is 5.92. The van der Waals surface area contributed by atoms with Crippen LogP contribution >= 0.6 is 11.3 Å². The Morgan fingerprint density at radius 3 is 2.86 bits per heavy atom. The maximum absolute atomic E-state index is 10.3. The maximum Gasteiger partial charge on any atom is 0.184 e. The predicted molar refractivity (Wildman–Crippen MR) is 139 cm³/mol. The number of hydrogen-bond acceptors (Lipinski definition) is 7. The van der Waals surface area contributed by atoms with Gasteiger partial charge in [-0.05, 0) is 36.6 Å². The van der Waals surface area contributed by atoms with Crippen LogP contribution in [0.4, 0.5) is 5.13 Å². The summed E-state index contributed by atoms with van der Waals surface area (Å²) in [4.78, 5) is 9.40. The van der Waals surface area contributed by atoms with E-state index in [0.717, 1.165) is 68.9 Å². The number of thiazole rings is 1. The van der Waals surface area contributed by atoms with Crippen LogP contribution in [0.3, 0.4) is 0 Å². The van der Waals surface area contributed by atoms with Crippen molar-refractivity contribution in [3.8, 4) is 16.9 Å². The minimum atomic E-state index is -0.295. The summed E-state index contributed by atoms with van der Waals surface area (Å²) in [6.07, 6.45) is 9.50. The van der Waals surface area contributed by atoms with Crippen molar-refractivity contribution < 1.29 is 9.84 Å². The first-order valence-electron chi connectivity index (χ1n) is 11.9. The van der Waals surface area contributed by atoms with E-state index in [1.54, 1.807) is 23.1 Å². The third kappa shape index (κ3) is 4.26. The topological polar surface area (TPSA) is 90.0 Å². The van der Waals surface area contributed by atoms with Crippen LogP contribution < -0.4 is 10.1 Å². The van der Waals surface area contributed by atoms with E-state index < -0.39 is 0 Å². The number of ether oxygens (including phenoxy) is 1. The number of benzene rings is 2. The van der Waals surface area contributed by atoms with E-state index in [1.165, 1.54) is 5.56 Å². The summed E-state index contributed by atoms with van der Waals surface area (Å²) in [6.45, 7) is 0.698. The molecule has 0 unspecified atom stereocenters. The molecule has 3 aromatic heterocycles. The second kappa shape index (κ2) is 8.98. The van der Waals surface area contributed by atoms with Crippen molar-refractivity contribution in [2.45, 2.75) is 44.4 Å². The first-order chi connectivity index (χ1) is 17.1. The Hall–Kier alpha value is -3.43. The van der Waals surface area contributed by atoms with Gasteiger partial charge in [0.05, 0.1) is 53.0 Å². The fourth-order valence-electron chi connectivity index (χ4n) is 4.93. The Labute approximate surface area is 207 Å². The highest BCUT2D eigenvalue weighted by molar-refractivity contribution is 7.22. The highest BCUT2D eigenvalue weighted by atomic mass is 32.1. The van der Waals surface area contributed by atoms with Crippen LogP contribution in [-0.4, -0.2) is 48.7 Å². The molecule has 5 aromatic rings. The highest BCUT2D eigenvalue weighted by Gasteiger charge is 2.23. The lowest BCUT2D eigenvalue weighted by Crippen LogP contribution is -2.36. The predicted octanol–water partition coefficient (Wildman–Crippen LogP) is 4.82. The second-order valence-electron chi connectivity index (χ2n) is 9.24. The highest BCUT2D eigenvalue weighted by Crippen LogP contribution is 2.34. The fraction of sp³-hybridized carbons (Fsp3) is 0.346. The third-order valence-electron chi connectivity index (χ3n) is 6.80. The van der Waals surface area contributed by atoms with Crippen LogP contribution in [0.1, 0.15) is 31.2 Å². The average molecular weight is 489 g/mol. The molecule has 0 aliphatic heterocycles. The molecule has 2 aromatic carbocycles. The van der Waals surface area contributed by atoms with Gasteiger partial charge in [-0.25, -0.2) is 9.97 Å². The van der Waals surface area contributed by atoms with Crippen molar-refractivity contribution in [1.29, 1.82) is 0 Å². The zero-order valence-corrected chi connectivity index (χ0v) is 20.6. The molecule has 2 N–H and O–H groups in total. The van der Waals surface area contributed by atoms with Gasteiger partial charge in [0.25, 0.3) is 0 Å². The second-order valence-corrected chi connectivity index (χ2v) is 10.3. The van der Waals surface area contributed by atoms with Gasteiger partial charge in [-0.1, -0.05) is 30.2 Å². The number of aliphatic hydroxyl groups excluding tert-OH is 1. The van der Waals surface area contributed by atoms with Crippen LogP contribution in [0, 0.1) is 0 Å². The van der Waals surface area contributed by atoms with Crippen LogP contribution in [0.2, 0.25) is 0 Å². The summed E-state index contributed by atoms with van der Waals surface area (Å²) in [5, 5.41) is 18.9. The van der Waals surface area contributed by atoms with Crippen molar-refractivity contribution >= 4 is 37.7 Å². The van der Waals surface area contributed by atoms with Crippen molar-refractivity contribution in [3.63, 3.8) is 0 Å². The van der Waals surface area contributed by atoms with Gasteiger partial charge in [0.1, 0.15) is 5.75 Å². The van der Waals surface area contributed by atoms with Crippen LogP contribution in [0.25, 0.3) is 32.4 Å². The molecular formula is C26H28N6O2S. The van der Waals surface area contributed by atoms with Gasteiger partial charge in [0.2, 0.25) is 0 Å². The van der Waals surface area contributed by atoms with Crippen molar-refractivity contribution in [1.82, 2.24) is 24.3 Å². The zero-order chi connectivity index (χ0) is 23.9. The van der Waals surface area contributed by atoms with Gasteiger partial charge in [-0.2, -0.15) is 5.10 Å². The Bertz CT molecular complexity index is 1500. The first kappa shape index (κ1) is 22.1. The Morgan fingerprint density at radius 1 is 1.17 bits per heavy atom. The van der Waals surface area contributed by atoms with E-state index in [2.05, 4.69) is 44.2 Å². The monoisotopic (exact) mass is 488 g/mol. The smallest absolute Gasteiger partial charge is 0.184 e. The van der Waals surface area contributed by atoms with Gasteiger partial charge < -0.3 is 19.7 Å². The molecule has 1 saturated carbocycles. The molecule has 0 saturated heterocycles. The van der Waals surface area contributed by atoms with Crippen molar-refractivity contribution in [3.05, 3.63) is 54.6 Å². The molecule has 8 nitrogen and oxygen atoms in total. The largest absolute Gasteiger partial charge is 0.496 e. The number of nitrogens with one attached hydrogen (secondary N) is 1. The number of methoxy groups -OCH3 is 1. The average Bonchev–Trinajstić information content (AvgIpc) is 3.57. The standard InChI is InChI=1S/C26H28N6O2S/c1-31-14-17(12-28-31)18-10-21-22(11-24(18)34-2)32(15-27-21)13-16-7-8-20-25(9-16)35-26(30-20)29-19-5-3-4-6-23(19)33/h7-12,14-15,19,23,33H,3-6,13H2,1-2H3,(H,29,30)/t19-,23-/m1/s1. The number of aromatic nitrogens is 5. The quantitative estimate of drug-likeness (QED) is 0.356. The van der Waals surface area contributed by atoms with E-state index in [-0.39, 0.29) is 12.1 Å². The number of rotatable bonds is 6. The lowest BCUT2D eigenvalue weighted by molar-refractivity contribution is 0.116. The van der Waals surface area contributed by atoms with Gasteiger partial charge in [0, 0.05) is 37.0 Å². The summed E-state index contributed by atoms with van der Waals surface area (Å²) in [5.41, 5.74) is 6.08. The molecule has 1 fully saturated rings. The van der Waals surface area contributed by atoms with Gasteiger partial charge in [-0.3, -0.25) is 4.68 Å². The van der Waals surface area contributed by atoms with E-state index in [0.29, 0.717) is 6.54 Å². The molecule has 9 heteroatoms. The van der Waals surface area contributed by atoms with Gasteiger partial charge in [0.15, 0.2) is 5.13 Å². The zero-order valence-electron chi connectivity index (χ0n) is 19.8. The molecule has 1 aliphatic carbocycles. The number of aliphatic hydroxyl groups is 1. The molecule has 35 heavy (non-hydrogen) atoms. The molecule has 0 amide bonds. The van der Waals surface area contributed by atoms with Crippen LogP contribution in [-0.2, 0) is 13.6 Å². The number of imidazole rings is 1. The molecule has 6 rings (SSSR count). The molecule has 0 radical (unpaired) electrons. The summed E-state index contributed by atoms with van der Waals surface area (Å²) in [7, 11) is 3.60. The lowest BCUT2D eigenvalue weighted by Gasteiger charge is -2.27. The number of nitrogens with zero attached hydrogens (tertiary/aromatic N) is 5. The van der Waals surface area contributed by atoms with Crippen LogP contribution in [0.5, 0.6) is 5.75 Å². The maximum atomic E-state index is 10.3. The normalized spacial score (nSPS) is 18.4. The molecule has 0 bridgehead atoms. The number of anilines is 1. The van der Waals surface area contributed by atoms with Crippen molar-refractivity contribution in [2.24, 2.45) is 7.05 Å². The Kier molecular flexibility index (Phi) is 5.66. The van der Waals surface area contributed by atoms with Crippen LogP contribution in [0.15, 0.2) is 49.1 Å². The minimum Gasteiger partial charge on any atom is -0.496 e. The molecule has 1 aliphatic rings. The number of fused-ring (bicyclic) bond motifs is 2. The SMILES string of the molecule is COc1cc2c(cc1-c1cnn(C)c1)ncn2Cc1ccc2nc(N[C@@H]3CCCC[C@H]3O)sc2c1. The Morgan fingerprint density at radius 2 is 2.06 bits per heavy atom.